The molecule has 0 aliphatic rings. The largest absolute Gasteiger partial charge is 0.413 e. The Bertz CT molecular complexity index is 387. The maximum Gasteiger partial charge on any atom is 0.187 e. The molecule has 5 heteroatoms. The first-order valence-electron chi connectivity index (χ1n) is 6.13. The van der Waals surface area contributed by atoms with Crippen molar-refractivity contribution in [1.82, 2.24) is 0 Å². The Balaban J connectivity index is 2.69. The summed E-state index contributed by atoms with van der Waals surface area (Å²) >= 11 is 6.77. The van der Waals surface area contributed by atoms with Gasteiger partial charge in [-0.1, -0.05) is 51.6 Å². The van der Waals surface area contributed by atoms with E-state index in [1.54, 1.807) is 0 Å². The van der Waals surface area contributed by atoms with Crippen LogP contribution < -0.4 is 0 Å². The summed E-state index contributed by atoms with van der Waals surface area (Å²) in [4.78, 5) is 0. The van der Waals surface area contributed by atoms with Gasteiger partial charge in [0.25, 0.3) is 0 Å². The van der Waals surface area contributed by atoms with Crippen LogP contribution in [0, 0.1) is 5.82 Å². The van der Waals surface area contributed by atoms with Crippen molar-refractivity contribution >= 4 is 40.2 Å². The van der Waals surface area contributed by atoms with Crippen molar-refractivity contribution < 1.29 is 8.82 Å². The van der Waals surface area contributed by atoms with Crippen molar-refractivity contribution in [3.8, 4) is 0 Å². The van der Waals surface area contributed by atoms with Crippen LogP contribution in [0.5, 0.6) is 0 Å². The highest BCUT2D eigenvalue weighted by Crippen LogP contribution is 2.29. The van der Waals surface area contributed by atoms with Crippen LogP contribution >= 0.6 is 31.9 Å². The monoisotopic (exact) mass is 396 g/mol. The van der Waals surface area contributed by atoms with E-state index in [1.165, 1.54) is 31.0 Å². The van der Waals surface area contributed by atoms with Gasteiger partial charge in [-0.05, 0) is 31.3 Å². The number of halogens is 3. The molecule has 0 bridgehead atoms. The van der Waals surface area contributed by atoms with Crippen LogP contribution in [-0.4, -0.2) is 8.32 Å². The molecule has 0 unspecified atom stereocenters. The third kappa shape index (κ3) is 5.11. The Hall–Kier alpha value is 0.287. The summed E-state index contributed by atoms with van der Waals surface area (Å²) in [6.45, 7) is 7.18. The number of benzene rings is 1. The predicted molar refractivity (Wildman–Crippen MR) is 83.8 cm³/mol. The average molecular weight is 398 g/mol. The van der Waals surface area contributed by atoms with E-state index >= 15 is 0 Å². The minimum atomic E-state index is -1.60. The smallest absolute Gasteiger partial charge is 0.187 e. The van der Waals surface area contributed by atoms with Gasteiger partial charge in [-0.15, -0.1) is 0 Å². The molecule has 0 saturated heterocycles. The zero-order valence-corrected chi connectivity index (χ0v) is 15.2. The second-order valence-electron chi connectivity index (χ2n) is 5.00. The Morgan fingerprint density at radius 3 is 2.28 bits per heavy atom. The fraction of sp³-hybridized carbons (Fsp3) is 0.538. The van der Waals surface area contributed by atoms with Gasteiger partial charge in [-0.2, -0.15) is 0 Å². The molecular weight excluding hydrogens is 379 g/mol. The lowest BCUT2D eigenvalue weighted by atomic mass is 10.2. The number of hydrogen-bond donors (Lipinski definition) is 0. The molecule has 102 valence electrons. The zero-order chi connectivity index (χ0) is 13.8. The van der Waals surface area contributed by atoms with Crippen LogP contribution in [0.25, 0.3) is 0 Å². The van der Waals surface area contributed by atoms with Gasteiger partial charge in [0, 0.05) is 14.5 Å². The van der Waals surface area contributed by atoms with Crippen LogP contribution in [0.3, 0.4) is 0 Å². The summed E-state index contributed by atoms with van der Waals surface area (Å²) in [6.07, 6.45) is 2.41. The van der Waals surface area contributed by atoms with Crippen molar-refractivity contribution in [2.75, 3.05) is 0 Å². The highest BCUT2D eigenvalue weighted by Gasteiger charge is 2.22. The quantitative estimate of drug-likeness (QED) is 0.545. The summed E-state index contributed by atoms with van der Waals surface area (Å²) in [7, 11) is -1.60. The first kappa shape index (κ1) is 16.3. The Kier molecular flexibility index (Phi) is 6.51. The first-order valence-corrected chi connectivity index (χ1v) is 10.8. The van der Waals surface area contributed by atoms with E-state index < -0.39 is 8.32 Å². The molecule has 0 spiro atoms. The molecule has 1 nitrogen and oxygen atoms in total. The van der Waals surface area contributed by atoms with Gasteiger partial charge < -0.3 is 4.43 Å². The molecule has 0 fully saturated rings. The molecule has 18 heavy (non-hydrogen) atoms. The van der Waals surface area contributed by atoms with Crippen molar-refractivity contribution in [1.29, 1.82) is 0 Å². The second-order valence-corrected chi connectivity index (χ2v) is 11.0. The molecule has 1 rings (SSSR count). The highest BCUT2D eigenvalue weighted by molar-refractivity contribution is 9.11. The molecule has 0 aliphatic carbocycles. The van der Waals surface area contributed by atoms with Gasteiger partial charge in [0.05, 0.1) is 6.61 Å². The Morgan fingerprint density at radius 2 is 1.78 bits per heavy atom. The summed E-state index contributed by atoms with van der Waals surface area (Å²) in [6, 6.07) is 4.12. The molecule has 0 atom stereocenters. The zero-order valence-electron chi connectivity index (χ0n) is 11.0. The van der Waals surface area contributed by atoms with Crippen LogP contribution in [0.4, 0.5) is 4.39 Å². The fourth-order valence-electron chi connectivity index (χ4n) is 1.65. The van der Waals surface area contributed by atoms with Gasteiger partial charge in [0.1, 0.15) is 5.82 Å². The third-order valence-electron chi connectivity index (χ3n) is 2.85. The molecule has 1 aromatic rings. The lowest BCUT2D eigenvalue weighted by Gasteiger charge is -2.23. The van der Waals surface area contributed by atoms with E-state index in [0.717, 1.165) is 14.5 Å². The van der Waals surface area contributed by atoms with Crippen LogP contribution in [0.15, 0.2) is 21.1 Å². The van der Waals surface area contributed by atoms with Gasteiger partial charge in [-0.3, -0.25) is 0 Å². The Labute approximate surface area is 127 Å². The van der Waals surface area contributed by atoms with Gasteiger partial charge >= 0.3 is 0 Å². The molecule has 0 radical (unpaired) electrons. The van der Waals surface area contributed by atoms with E-state index in [4.69, 9.17) is 4.43 Å². The minimum absolute atomic E-state index is 0.250. The van der Waals surface area contributed by atoms with E-state index in [-0.39, 0.29) is 5.82 Å². The summed E-state index contributed by atoms with van der Waals surface area (Å²) in [5.74, 6) is -0.250. The number of hydrogen-bond acceptors (Lipinski definition) is 1. The van der Waals surface area contributed by atoms with Crippen LogP contribution in [0.1, 0.15) is 25.3 Å². The summed E-state index contributed by atoms with van der Waals surface area (Å²) < 4.78 is 20.8. The predicted octanol–water partition coefficient (Wildman–Crippen LogP) is 5.87. The number of rotatable bonds is 6. The van der Waals surface area contributed by atoms with E-state index in [0.29, 0.717) is 6.61 Å². The van der Waals surface area contributed by atoms with Crippen molar-refractivity contribution in [2.45, 2.75) is 45.5 Å². The Morgan fingerprint density at radius 1 is 1.22 bits per heavy atom. The maximum absolute atomic E-state index is 13.2. The average Bonchev–Trinajstić information content (AvgIpc) is 2.24. The summed E-state index contributed by atoms with van der Waals surface area (Å²) in [5.41, 5.74) is 0.980. The van der Waals surface area contributed by atoms with Gasteiger partial charge in [0.2, 0.25) is 0 Å². The SMILES string of the molecule is CCCC[Si](C)(C)OCc1c(Br)cc(F)cc1Br. The van der Waals surface area contributed by atoms with E-state index in [9.17, 15) is 4.39 Å². The molecule has 0 N–H and O–H groups in total. The topological polar surface area (TPSA) is 9.23 Å². The molecule has 0 saturated carbocycles. The van der Waals surface area contributed by atoms with Crippen molar-refractivity contribution in [3.63, 3.8) is 0 Å². The minimum Gasteiger partial charge on any atom is -0.413 e. The molecule has 0 aliphatic heterocycles. The second kappa shape index (κ2) is 7.17. The van der Waals surface area contributed by atoms with Gasteiger partial charge in [-0.25, -0.2) is 4.39 Å². The molecule has 1 aromatic carbocycles. The molecule has 0 amide bonds. The standard InChI is InChI=1S/C13H19Br2FOSi/c1-4-5-6-18(2,3)17-9-11-12(14)7-10(16)8-13(11)15/h7-8H,4-6,9H2,1-3H3. The maximum atomic E-state index is 13.2. The third-order valence-corrected chi connectivity index (χ3v) is 6.74. The normalized spacial score (nSPS) is 11.9. The fourth-order valence-corrected chi connectivity index (χ4v) is 4.90. The molecule has 0 aromatic heterocycles. The lowest BCUT2D eigenvalue weighted by Crippen LogP contribution is -2.29. The van der Waals surface area contributed by atoms with Crippen LogP contribution in [0.2, 0.25) is 19.1 Å². The lowest BCUT2D eigenvalue weighted by molar-refractivity contribution is 0.292. The van der Waals surface area contributed by atoms with Gasteiger partial charge in [0.15, 0.2) is 8.32 Å². The van der Waals surface area contributed by atoms with Crippen molar-refractivity contribution in [3.05, 3.63) is 32.5 Å². The molecular formula is C13H19Br2FOSi. The van der Waals surface area contributed by atoms with E-state index in [2.05, 4.69) is 51.9 Å². The van der Waals surface area contributed by atoms with Crippen molar-refractivity contribution in [2.24, 2.45) is 0 Å². The highest BCUT2D eigenvalue weighted by atomic mass is 79.9. The van der Waals surface area contributed by atoms with E-state index in [1.807, 2.05) is 0 Å². The van der Waals surface area contributed by atoms with Crippen LogP contribution in [-0.2, 0) is 11.0 Å². The first-order chi connectivity index (χ1) is 8.35. The molecule has 0 heterocycles. The summed E-state index contributed by atoms with van der Waals surface area (Å²) in [5, 5.41) is 0. The number of unbranched alkanes of at least 4 members (excludes halogenated alkanes) is 1.